The number of rotatable bonds is 5. The van der Waals surface area contributed by atoms with E-state index in [4.69, 9.17) is 4.74 Å². The van der Waals surface area contributed by atoms with E-state index in [9.17, 15) is 4.79 Å². The Bertz CT molecular complexity index is 826. The molecule has 0 fully saturated rings. The summed E-state index contributed by atoms with van der Waals surface area (Å²) in [7, 11) is 0. The minimum absolute atomic E-state index is 0.276. The van der Waals surface area contributed by atoms with Gasteiger partial charge in [0.1, 0.15) is 12.3 Å². The number of hydrogen-bond acceptors (Lipinski definition) is 3. The summed E-state index contributed by atoms with van der Waals surface area (Å²) >= 11 is 1.65. The highest BCUT2D eigenvalue weighted by atomic mass is 32.2. The van der Waals surface area contributed by atoms with Gasteiger partial charge in [-0.2, -0.15) is 0 Å². The highest BCUT2D eigenvalue weighted by Crippen LogP contribution is 2.34. The molecule has 1 N–H and O–H groups in total. The van der Waals surface area contributed by atoms with Crippen LogP contribution in [0.2, 0.25) is 0 Å². The highest BCUT2D eigenvalue weighted by Gasteiger charge is 2.19. The van der Waals surface area contributed by atoms with E-state index in [-0.39, 0.29) is 12.6 Å². The van der Waals surface area contributed by atoms with Gasteiger partial charge in [0.15, 0.2) is 0 Å². The molecule has 0 radical (unpaired) electrons. The fourth-order valence-corrected chi connectivity index (χ4v) is 3.48. The fourth-order valence-electron chi connectivity index (χ4n) is 2.49. The Balaban J connectivity index is 1.74. The van der Waals surface area contributed by atoms with Crippen LogP contribution in [0.25, 0.3) is 0 Å². The topological polar surface area (TPSA) is 42.1 Å². The minimum Gasteiger partial charge on any atom is -0.456 e. The molecule has 0 amide bonds. The Kier molecular flexibility index (Phi) is 5.06. The molecule has 4 heteroatoms. The zero-order valence-corrected chi connectivity index (χ0v) is 14.5. The van der Waals surface area contributed by atoms with Gasteiger partial charge in [0, 0.05) is 15.5 Å². The maximum absolute atomic E-state index is 12.4. The Morgan fingerprint density at radius 2 is 1.62 bits per heavy atom. The summed E-state index contributed by atoms with van der Waals surface area (Å²) in [5, 5.41) is 0. The SMILES string of the molecule is Cc1[nH]c(C(=O)OCc2ccccc2)c(C)c1Sc1ccccc1. The number of hydrogen-bond donors (Lipinski definition) is 1. The maximum Gasteiger partial charge on any atom is 0.355 e. The molecular weight excluding hydrogens is 318 g/mol. The molecule has 0 unspecified atom stereocenters. The number of aromatic amines is 1. The molecule has 3 rings (SSSR count). The quantitative estimate of drug-likeness (QED) is 0.656. The second kappa shape index (κ2) is 7.41. The number of ether oxygens (including phenoxy) is 1. The number of esters is 1. The van der Waals surface area contributed by atoms with Crippen molar-refractivity contribution >= 4 is 17.7 Å². The van der Waals surface area contributed by atoms with Crippen LogP contribution in [0.3, 0.4) is 0 Å². The van der Waals surface area contributed by atoms with Crippen LogP contribution >= 0.6 is 11.8 Å². The molecule has 1 aromatic heterocycles. The summed E-state index contributed by atoms with van der Waals surface area (Å²) in [6, 6.07) is 19.8. The lowest BCUT2D eigenvalue weighted by Gasteiger charge is -2.05. The lowest BCUT2D eigenvalue weighted by molar-refractivity contribution is 0.0465. The van der Waals surface area contributed by atoms with Crippen molar-refractivity contribution < 1.29 is 9.53 Å². The molecule has 0 saturated carbocycles. The summed E-state index contributed by atoms with van der Waals surface area (Å²) in [5.41, 5.74) is 3.42. The van der Waals surface area contributed by atoms with E-state index in [0.29, 0.717) is 5.69 Å². The predicted octanol–water partition coefficient (Wildman–Crippen LogP) is 5.14. The molecule has 2 aromatic carbocycles. The van der Waals surface area contributed by atoms with Crippen LogP contribution in [0.4, 0.5) is 0 Å². The average Bonchev–Trinajstić information content (AvgIpc) is 2.90. The van der Waals surface area contributed by atoms with Gasteiger partial charge in [-0.3, -0.25) is 0 Å². The highest BCUT2D eigenvalue weighted by molar-refractivity contribution is 7.99. The molecule has 0 atom stereocenters. The monoisotopic (exact) mass is 337 g/mol. The molecule has 0 spiro atoms. The van der Waals surface area contributed by atoms with Crippen molar-refractivity contribution in [1.29, 1.82) is 0 Å². The second-order valence-electron chi connectivity index (χ2n) is 5.56. The van der Waals surface area contributed by atoms with Crippen LogP contribution in [0.1, 0.15) is 27.3 Å². The lowest BCUT2D eigenvalue weighted by atomic mass is 10.2. The van der Waals surface area contributed by atoms with Crippen molar-refractivity contribution in [3.05, 3.63) is 83.2 Å². The van der Waals surface area contributed by atoms with Crippen molar-refractivity contribution in [2.75, 3.05) is 0 Å². The second-order valence-corrected chi connectivity index (χ2v) is 6.64. The Hall–Kier alpha value is -2.46. The number of carbonyl (C=O) groups excluding carboxylic acids is 1. The molecule has 0 bridgehead atoms. The molecule has 1 heterocycles. The van der Waals surface area contributed by atoms with Gasteiger partial charge in [-0.15, -0.1) is 0 Å². The molecule has 122 valence electrons. The van der Waals surface area contributed by atoms with E-state index < -0.39 is 0 Å². The summed E-state index contributed by atoms with van der Waals surface area (Å²) in [6.07, 6.45) is 0. The molecule has 0 saturated heterocycles. The zero-order chi connectivity index (χ0) is 16.9. The number of aryl methyl sites for hydroxylation is 1. The van der Waals surface area contributed by atoms with E-state index in [1.165, 1.54) is 0 Å². The first kappa shape index (κ1) is 16.4. The van der Waals surface area contributed by atoms with Crippen molar-refractivity contribution in [3.63, 3.8) is 0 Å². The summed E-state index contributed by atoms with van der Waals surface area (Å²) in [5.74, 6) is -0.320. The van der Waals surface area contributed by atoms with Crippen LogP contribution in [-0.4, -0.2) is 11.0 Å². The number of nitrogens with one attached hydrogen (secondary N) is 1. The standard InChI is InChI=1S/C20H19NO2S/c1-14-18(20(22)23-13-16-9-5-3-6-10-16)21-15(2)19(14)24-17-11-7-4-8-12-17/h3-12,21H,13H2,1-2H3. The molecule has 3 nitrogen and oxygen atoms in total. The summed E-state index contributed by atoms with van der Waals surface area (Å²) < 4.78 is 5.43. The Morgan fingerprint density at radius 1 is 1.00 bits per heavy atom. The lowest BCUT2D eigenvalue weighted by Crippen LogP contribution is -2.07. The van der Waals surface area contributed by atoms with E-state index >= 15 is 0 Å². The van der Waals surface area contributed by atoms with Crippen molar-refractivity contribution in [1.82, 2.24) is 4.98 Å². The predicted molar refractivity (Wildman–Crippen MR) is 96.4 cm³/mol. The molecule has 0 aliphatic heterocycles. The number of aromatic nitrogens is 1. The smallest absolute Gasteiger partial charge is 0.355 e. The summed E-state index contributed by atoms with van der Waals surface area (Å²) in [6.45, 7) is 4.21. The third-order valence-electron chi connectivity index (χ3n) is 3.75. The van der Waals surface area contributed by atoms with Crippen LogP contribution in [0, 0.1) is 13.8 Å². The van der Waals surface area contributed by atoms with Crippen LogP contribution in [0.15, 0.2) is 70.5 Å². The maximum atomic E-state index is 12.4. The van der Waals surface area contributed by atoms with E-state index in [1.807, 2.05) is 62.4 Å². The number of H-pyrrole nitrogens is 1. The molecule has 0 aliphatic rings. The van der Waals surface area contributed by atoms with Gasteiger partial charge < -0.3 is 9.72 Å². The van der Waals surface area contributed by atoms with Crippen molar-refractivity contribution in [2.24, 2.45) is 0 Å². The minimum atomic E-state index is -0.320. The van der Waals surface area contributed by atoms with Gasteiger partial charge in [-0.1, -0.05) is 60.3 Å². The van der Waals surface area contributed by atoms with Gasteiger partial charge in [-0.05, 0) is 37.1 Å². The van der Waals surface area contributed by atoms with Crippen LogP contribution in [0.5, 0.6) is 0 Å². The molecule has 24 heavy (non-hydrogen) atoms. The van der Waals surface area contributed by atoms with E-state index in [0.717, 1.165) is 26.6 Å². The third kappa shape index (κ3) is 3.71. The Labute approximate surface area is 146 Å². The van der Waals surface area contributed by atoms with Crippen molar-refractivity contribution in [3.8, 4) is 0 Å². The van der Waals surface area contributed by atoms with Crippen LogP contribution in [-0.2, 0) is 11.3 Å². The largest absolute Gasteiger partial charge is 0.456 e. The van der Waals surface area contributed by atoms with Crippen molar-refractivity contribution in [2.45, 2.75) is 30.2 Å². The fraction of sp³-hybridized carbons (Fsp3) is 0.150. The number of benzene rings is 2. The van der Waals surface area contributed by atoms with Gasteiger partial charge >= 0.3 is 5.97 Å². The molecule has 3 aromatic rings. The number of carbonyl (C=O) groups is 1. The molecule has 0 aliphatic carbocycles. The van der Waals surface area contributed by atoms with E-state index in [2.05, 4.69) is 17.1 Å². The van der Waals surface area contributed by atoms with Gasteiger partial charge in [-0.25, -0.2) is 4.79 Å². The molecular formula is C20H19NO2S. The first-order valence-corrected chi connectivity index (χ1v) is 8.60. The van der Waals surface area contributed by atoms with E-state index in [1.54, 1.807) is 11.8 Å². The first-order valence-electron chi connectivity index (χ1n) is 7.78. The van der Waals surface area contributed by atoms with Crippen LogP contribution < -0.4 is 0 Å². The Morgan fingerprint density at radius 3 is 2.29 bits per heavy atom. The average molecular weight is 337 g/mol. The van der Waals surface area contributed by atoms with Gasteiger partial charge in [0.2, 0.25) is 0 Å². The summed E-state index contributed by atoms with van der Waals surface area (Å²) in [4.78, 5) is 17.8. The normalized spacial score (nSPS) is 10.6. The third-order valence-corrected chi connectivity index (χ3v) is 5.07. The van der Waals surface area contributed by atoms with Gasteiger partial charge in [0.05, 0.1) is 0 Å². The zero-order valence-electron chi connectivity index (χ0n) is 13.7. The van der Waals surface area contributed by atoms with Gasteiger partial charge in [0.25, 0.3) is 0 Å². The first-order chi connectivity index (χ1) is 11.6.